The molecule has 2 aromatic carbocycles. The Bertz CT molecular complexity index is 739. The lowest BCUT2D eigenvalue weighted by Gasteiger charge is -2.09. The summed E-state index contributed by atoms with van der Waals surface area (Å²) in [6.07, 6.45) is -2.78. The van der Waals surface area contributed by atoms with Crippen molar-refractivity contribution in [2.24, 2.45) is 0 Å². The summed E-state index contributed by atoms with van der Waals surface area (Å²) in [5.74, 6) is -0.152. The van der Waals surface area contributed by atoms with E-state index >= 15 is 0 Å². The molecule has 3 rings (SSSR count). The molecule has 0 aromatic heterocycles. The zero-order valence-electron chi connectivity index (χ0n) is 12.9. The molecule has 0 saturated heterocycles. The van der Waals surface area contributed by atoms with Crippen LogP contribution < -0.4 is 10.6 Å². The highest BCUT2D eigenvalue weighted by molar-refractivity contribution is 5.91. The second kappa shape index (κ2) is 6.55. The molecule has 1 aliphatic heterocycles. The van der Waals surface area contributed by atoms with Crippen LogP contribution in [0.5, 0.6) is 0 Å². The summed E-state index contributed by atoms with van der Waals surface area (Å²) in [5, 5.41) is 6.08. The fourth-order valence-corrected chi connectivity index (χ4v) is 2.72. The molecule has 0 aliphatic carbocycles. The maximum absolute atomic E-state index is 12.5. The third-order valence-corrected chi connectivity index (χ3v) is 4.02. The van der Waals surface area contributed by atoms with Crippen molar-refractivity contribution in [3.8, 4) is 0 Å². The van der Waals surface area contributed by atoms with Crippen LogP contribution in [0.25, 0.3) is 0 Å². The number of carbonyl (C=O) groups is 1. The number of anilines is 2. The fraction of sp³-hybridized carbons (Fsp3) is 0.278. The van der Waals surface area contributed by atoms with E-state index in [1.165, 1.54) is 17.7 Å². The van der Waals surface area contributed by atoms with Crippen molar-refractivity contribution in [3.05, 3.63) is 59.2 Å². The van der Waals surface area contributed by atoms with Gasteiger partial charge in [-0.3, -0.25) is 4.79 Å². The molecule has 0 fully saturated rings. The Hall–Kier alpha value is -2.50. The van der Waals surface area contributed by atoms with E-state index in [0.29, 0.717) is 12.0 Å². The Labute approximate surface area is 137 Å². The summed E-state index contributed by atoms with van der Waals surface area (Å²) in [5.41, 5.74) is 3.04. The van der Waals surface area contributed by atoms with Crippen molar-refractivity contribution in [2.75, 3.05) is 17.2 Å². The Morgan fingerprint density at radius 2 is 1.88 bits per heavy atom. The molecule has 0 unspecified atom stereocenters. The molecule has 0 spiro atoms. The van der Waals surface area contributed by atoms with Crippen LogP contribution in [0.4, 0.5) is 24.5 Å². The van der Waals surface area contributed by atoms with E-state index in [4.69, 9.17) is 0 Å². The molecule has 1 amide bonds. The number of aryl methyl sites for hydroxylation is 1. The van der Waals surface area contributed by atoms with E-state index < -0.39 is 11.7 Å². The number of carbonyl (C=O) groups excluding carboxylic acids is 1. The molecule has 0 bridgehead atoms. The monoisotopic (exact) mass is 334 g/mol. The number of hydrogen-bond donors (Lipinski definition) is 2. The van der Waals surface area contributed by atoms with Gasteiger partial charge in [-0.1, -0.05) is 12.1 Å². The normalized spacial score (nSPS) is 13.3. The summed E-state index contributed by atoms with van der Waals surface area (Å²) in [4.78, 5) is 12.0. The molecule has 0 atom stereocenters. The summed E-state index contributed by atoms with van der Waals surface area (Å²) >= 11 is 0. The molecule has 0 radical (unpaired) electrons. The number of alkyl halides is 3. The molecule has 126 valence electrons. The zero-order chi connectivity index (χ0) is 17.2. The Morgan fingerprint density at radius 3 is 2.58 bits per heavy atom. The Balaban J connectivity index is 1.54. The van der Waals surface area contributed by atoms with Gasteiger partial charge in [0.05, 0.1) is 5.56 Å². The van der Waals surface area contributed by atoms with Gasteiger partial charge in [-0.25, -0.2) is 0 Å². The summed E-state index contributed by atoms with van der Waals surface area (Å²) in [6.45, 7) is 0.903. The molecule has 1 heterocycles. The first kappa shape index (κ1) is 16.4. The van der Waals surface area contributed by atoms with Crippen molar-refractivity contribution in [1.82, 2.24) is 0 Å². The highest BCUT2D eigenvalue weighted by Crippen LogP contribution is 2.29. The minimum absolute atomic E-state index is 0.152. The molecule has 2 N–H and O–H groups in total. The van der Waals surface area contributed by atoms with E-state index in [-0.39, 0.29) is 12.3 Å². The topological polar surface area (TPSA) is 41.1 Å². The van der Waals surface area contributed by atoms with Gasteiger partial charge < -0.3 is 10.6 Å². The van der Waals surface area contributed by atoms with Crippen molar-refractivity contribution in [3.63, 3.8) is 0 Å². The van der Waals surface area contributed by atoms with Gasteiger partial charge in [0.15, 0.2) is 0 Å². The first-order chi connectivity index (χ1) is 11.4. The number of halogens is 3. The molecule has 0 saturated carbocycles. The minimum atomic E-state index is -4.33. The second-order valence-corrected chi connectivity index (χ2v) is 5.79. The molecule has 24 heavy (non-hydrogen) atoms. The number of nitrogens with one attached hydrogen (secondary N) is 2. The quantitative estimate of drug-likeness (QED) is 0.878. The summed E-state index contributed by atoms with van der Waals surface area (Å²) < 4.78 is 37.5. The predicted octanol–water partition coefficient (Wildman–Crippen LogP) is 4.24. The van der Waals surface area contributed by atoms with Gasteiger partial charge in [0, 0.05) is 24.3 Å². The summed E-state index contributed by atoms with van der Waals surface area (Å²) in [6, 6.07) is 10.6. The van der Waals surface area contributed by atoms with Crippen LogP contribution in [-0.4, -0.2) is 12.5 Å². The lowest BCUT2D eigenvalue weighted by Crippen LogP contribution is -2.12. The highest BCUT2D eigenvalue weighted by atomic mass is 19.4. The average Bonchev–Trinajstić information content (AvgIpc) is 3.00. The van der Waals surface area contributed by atoms with E-state index in [2.05, 4.69) is 10.6 Å². The lowest BCUT2D eigenvalue weighted by molar-refractivity contribution is -0.137. The van der Waals surface area contributed by atoms with E-state index in [1.54, 1.807) is 0 Å². The van der Waals surface area contributed by atoms with Gasteiger partial charge in [-0.2, -0.15) is 13.2 Å². The molecule has 2 aromatic rings. The van der Waals surface area contributed by atoms with Crippen LogP contribution in [0.15, 0.2) is 42.5 Å². The number of amides is 1. The molecular weight excluding hydrogens is 317 g/mol. The minimum Gasteiger partial charge on any atom is -0.384 e. The lowest BCUT2D eigenvalue weighted by atomic mass is 10.1. The Kier molecular flexibility index (Phi) is 4.46. The van der Waals surface area contributed by atoms with Crippen LogP contribution in [0.1, 0.15) is 23.1 Å². The average molecular weight is 334 g/mol. The van der Waals surface area contributed by atoms with Crippen LogP contribution >= 0.6 is 0 Å². The number of benzene rings is 2. The number of fused-ring (bicyclic) bond motifs is 1. The van der Waals surface area contributed by atoms with Crippen LogP contribution in [-0.2, 0) is 23.8 Å². The third kappa shape index (κ3) is 3.88. The van der Waals surface area contributed by atoms with Gasteiger partial charge in [-0.15, -0.1) is 0 Å². The largest absolute Gasteiger partial charge is 0.416 e. The standard InChI is InChI=1S/C18H17F3N2O/c19-18(20,21)14-4-1-12(2-5-14)3-8-17(24)23-15-6-7-16-13(11-15)9-10-22-16/h1-2,4-7,11,22H,3,8-10H2,(H,23,24). The van der Waals surface area contributed by atoms with Gasteiger partial charge in [0.1, 0.15) is 0 Å². The summed E-state index contributed by atoms with van der Waals surface area (Å²) in [7, 11) is 0. The SMILES string of the molecule is O=C(CCc1ccc(C(F)(F)F)cc1)Nc1ccc2c(c1)CCN2. The molecule has 3 nitrogen and oxygen atoms in total. The van der Waals surface area contributed by atoms with Crippen molar-refractivity contribution in [2.45, 2.75) is 25.4 Å². The maximum atomic E-state index is 12.5. The third-order valence-electron chi connectivity index (χ3n) is 4.02. The maximum Gasteiger partial charge on any atom is 0.416 e. The molecule has 1 aliphatic rings. The predicted molar refractivity (Wildman–Crippen MR) is 87.0 cm³/mol. The molecular formula is C18H17F3N2O. The van der Waals surface area contributed by atoms with E-state index in [0.717, 1.165) is 36.5 Å². The van der Waals surface area contributed by atoms with Crippen molar-refractivity contribution in [1.29, 1.82) is 0 Å². The van der Waals surface area contributed by atoms with Gasteiger partial charge >= 0.3 is 6.18 Å². The molecule has 6 heteroatoms. The van der Waals surface area contributed by atoms with Gasteiger partial charge in [0.2, 0.25) is 5.91 Å². The Morgan fingerprint density at radius 1 is 1.12 bits per heavy atom. The number of rotatable bonds is 4. The highest BCUT2D eigenvalue weighted by Gasteiger charge is 2.29. The zero-order valence-corrected chi connectivity index (χ0v) is 12.9. The van der Waals surface area contributed by atoms with E-state index in [1.807, 2.05) is 18.2 Å². The van der Waals surface area contributed by atoms with Crippen LogP contribution in [0, 0.1) is 0 Å². The van der Waals surface area contributed by atoms with Crippen molar-refractivity contribution < 1.29 is 18.0 Å². The fourth-order valence-electron chi connectivity index (χ4n) is 2.72. The van der Waals surface area contributed by atoms with Gasteiger partial charge in [0.25, 0.3) is 0 Å². The first-order valence-electron chi connectivity index (χ1n) is 7.74. The smallest absolute Gasteiger partial charge is 0.384 e. The van der Waals surface area contributed by atoms with E-state index in [9.17, 15) is 18.0 Å². The van der Waals surface area contributed by atoms with Crippen molar-refractivity contribution >= 4 is 17.3 Å². The van der Waals surface area contributed by atoms with Crippen LogP contribution in [0.2, 0.25) is 0 Å². The number of hydrogen-bond acceptors (Lipinski definition) is 2. The second-order valence-electron chi connectivity index (χ2n) is 5.79. The van der Waals surface area contributed by atoms with Gasteiger partial charge in [-0.05, 0) is 54.3 Å². The first-order valence-corrected chi connectivity index (χ1v) is 7.74. The van der Waals surface area contributed by atoms with Crippen LogP contribution in [0.3, 0.4) is 0 Å².